The van der Waals surface area contributed by atoms with Crippen LogP contribution in [-0.2, 0) is 25.4 Å². The number of hydrogen-bond donors (Lipinski definition) is 1. The van der Waals surface area contributed by atoms with Crippen LogP contribution in [0.5, 0.6) is 0 Å². The number of benzene rings is 1. The van der Waals surface area contributed by atoms with Crippen LogP contribution in [0.3, 0.4) is 0 Å². The van der Waals surface area contributed by atoms with Crippen LogP contribution < -0.4 is 16.6 Å². The maximum Gasteiger partial charge on any atom is 0.332 e. The smallest absolute Gasteiger partial charge is 0.328 e. The number of fused-ring (bicyclic) bond motifs is 1. The minimum atomic E-state index is -0.601. The fourth-order valence-electron chi connectivity index (χ4n) is 3.15. The highest BCUT2D eigenvalue weighted by Crippen LogP contribution is 2.27. The van der Waals surface area contributed by atoms with Gasteiger partial charge in [-0.05, 0) is 12.5 Å². The van der Waals surface area contributed by atoms with E-state index in [-0.39, 0.29) is 11.2 Å². The fourth-order valence-corrected chi connectivity index (χ4v) is 3.88. The minimum Gasteiger partial charge on any atom is -0.328 e. The quantitative estimate of drug-likeness (QED) is 0.549. The van der Waals surface area contributed by atoms with E-state index in [1.807, 2.05) is 36.6 Å². The molecule has 0 radical (unpaired) electrons. The van der Waals surface area contributed by atoms with Gasteiger partial charge in [0.25, 0.3) is 5.56 Å². The van der Waals surface area contributed by atoms with Crippen LogP contribution in [0.1, 0.15) is 5.56 Å². The van der Waals surface area contributed by atoms with Gasteiger partial charge in [-0.2, -0.15) is 0 Å². The van der Waals surface area contributed by atoms with E-state index in [1.165, 1.54) is 33.8 Å². The molecule has 0 atom stereocenters. The van der Waals surface area contributed by atoms with Gasteiger partial charge in [0, 0.05) is 25.0 Å². The summed E-state index contributed by atoms with van der Waals surface area (Å²) >= 11 is 1.28. The maximum absolute atomic E-state index is 12.7. The van der Waals surface area contributed by atoms with Gasteiger partial charge in [-0.25, -0.2) is 19.3 Å². The van der Waals surface area contributed by atoms with Gasteiger partial charge in [0.05, 0.1) is 12.0 Å². The SMILES string of the molecule is Cc1ccccc1-c1csc(NC(=O)Cn2c(=O)c3c(ncn3C)n(C)c2=O)n1. The van der Waals surface area contributed by atoms with E-state index in [4.69, 9.17) is 0 Å². The zero-order chi connectivity index (χ0) is 20.7. The second-order valence-electron chi connectivity index (χ2n) is 6.66. The lowest BCUT2D eigenvalue weighted by atomic mass is 10.1. The number of amides is 1. The molecule has 0 spiro atoms. The van der Waals surface area contributed by atoms with Crippen LogP contribution in [0, 0.1) is 6.92 Å². The van der Waals surface area contributed by atoms with Crippen molar-refractivity contribution in [2.24, 2.45) is 14.1 Å². The number of nitrogens with one attached hydrogen (secondary N) is 1. The highest BCUT2D eigenvalue weighted by molar-refractivity contribution is 7.14. The van der Waals surface area contributed by atoms with E-state index < -0.39 is 23.7 Å². The number of aryl methyl sites for hydroxylation is 3. The van der Waals surface area contributed by atoms with Crippen molar-refractivity contribution in [1.29, 1.82) is 0 Å². The van der Waals surface area contributed by atoms with Crippen LogP contribution in [-0.4, -0.2) is 29.6 Å². The number of anilines is 1. The average molecular weight is 410 g/mol. The summed E-state index contributed by atoms with van der Waals surface area (Å²) in [6.07, 6.45) is 1.46. The first-order chi connectivity index (χ1) is 13.9. The zero-order valence-electron chi connectivity index (χ0n) is 16.0. The van der Waals surface area contributed by atoms with E-state index in [0.717, 1.165) is 21.4 Å². The molecule has 3 aromatic heterocycles. The van der Waals surface area contributed by atoms with Crippen molar-refractivity contribution < 1.29 is 4.79 Å². The number of nitrogens with zero attached hydrogens (tertiary/aromatic N) is 5. The van der Waals surface area contributed by atoms with Crippen LogP contribution >= 0.6 is 11.3 Å². The van der Waals surface area contributed by atoms with Crippen molar-refractivity contribution in [3.63, 3.8) is 0 Å². The number of carbonyl (C=O) groups excluding carboxylic acids is 1. The van der Waals surface area contributed by atoms with E-state index in [9.17, 15) is 14.4 Å². The summed E-state index contributed by atoms with van der Waals surface area (Å²) in [6, 6.07) is 7.83. The van der Waals surface area contributed by atoms with Gasteiger partial charge in [0.2, 0.25) is 5.91 Å². The molecule has 4 aromatic rings. The number of imidazole rings is 1. The number of thiazole rings is 1. The molecular formula is C19H18N6O3S. The summed E-state index contributed by atoms with van der Waals surface area (Å²) in [7, 11) is 3.18. The summed E-state index contributed by atoms with van der Waals surface area (Å²) in [4.78, 5) is 46.2. The van der Waals surface area contributed by atoms with E-state index in [0.29, 0.717) is 5.13 Å². The molecular weight excluding hydrogens is 392 g/mol. The normalized spacial score (nSPS) is 11.1. The lowest BCUT2D eigenvalue weighted by Crippen LogP contribution is -2.42. The molecule has 0 aliphatic heterocycles. The molecule has 10 heteroatoms. The second kappa shape index (κ2) is 7.13. The molecule has 9 nitrogen and oxygen atoms in total. The molecule has 4 rings (SSSR count). The lowest BCUT2D eigenvalue weighted by Gasteiger charge is -2.08. The Labute approximate surface area is 168 Å². The van der Waals surface area contributed by atoms with Crippen molar-refractivity contribution in [3.05, 3.63) is 62.4 Å². The van der Waals surface area contributed by atoms with Gasteiger partial charge >= 0.3 is 5.69 Å². The first kappa shape index (κ1) is 18.8. The molecule has 1 amide bonds. The van der Waals surface area contributed by atoms with Crippen molar-refractivity contribution in [3.8, 4) is 11.3 Å². The Morgan fingerprint density at radius 2 is 1.97 bits per heavy atom. The Kier molecular flexibility index (Phi) is 4.63. The predicted octanol–water partition coefficient (Wildman–Crippen LogP) is 1.50. The van der Waals surface area contributed by atoms with Crippen LogP contribution in [0.4, 0.5) is 5.13 Å². The van der Waals surface area contributed by atoms with Crippen molar-refractivity contribution >= 4 is 33.5 Å². The molecule has 0 fully saturated rings. The van der Waals surface area contributed by atoms with Gasteiger partial charge in [-0.1, -0.05) is 24.3 Å². The molecule has 3 heterocycles. The minimum absolute atomic E-state index is 0.260. The van der Waals surface area contributed by atoms with Crippen molar-refractivity contribution in [1.82, 2.24) is 23.7 Å². The van der Waals surface area contributed by atoms with Crippen LogP contribution in [0.2, 0.25) is 0 Å². The Bertz CT molecular complexity index is 1360. The second-order valence-corrected chi connectivity index (χ2v) is 7.52. The van der Waals surface area contributed by atoms with E-state index in [2.05, 4.69) is 15.3 Å². The fraction of sp³-hybridized carbons (Fsp3) is 0.211. The van der Waals surface area contributed by atoms with Gasteiger partial charge in [0.1, 0.15) is 6.54 Å². The van der Waals surface area contributed by atoms with Crippen molar-refractivity contribution in [2.45, 2.75) is 13.5 Å². The molecule has 0 saturated heterocycles. The molecule has 0 unspecified atom stereocenters. The number of hydrogen-bond acceptors (Lipinski definition) is 6. The van der Waals surface area contributed by atoms with E-state index in [1.54, 1.807) is 7.05 Å². The van der Waals surface area contributed by atoms with Gasteiger partial charge in [0.15, 0.2) is 16.3 Å². The molecule has 148 valence electrons. The summed E-state index contributed by atoms with van der Waals surface area (Å²) in [5, 5.41) is 4.92. The maximum atomic E-state index is 12.7. The van der Waals surface area contributed by atoms with Crippen molar-refractivity contribution in [2.75, 3.05) is 5.32 Å². The highest BCUT2D eigenvalue weighted by Gasteiger charge is 2.17. The number of carbonyl (C=O) groups is 1. The Morgan fingerprint density at radius 1 is 1.21 bits per heavy atom. The lowest BCUT2D eigenvalue weighted by molar-refractivity contribution is -0.116. The third-order valence-electron chi connectivity index (χ3n) is 4.67. The highest BCUT2D eigenvalue weighted by atomic mass is 32.1. The van der Waals surface area contributed by atoms with Gasteiger partial charge < -0.3 is 9.88 Å². The molecule has 0 aliphatic rings. The largest absolute Gasteiger partial charge is 0.332 e. The van der Waals surface area contributed by atoms with E-state index >= 15 is 0 Å². The van der Waals surface area contributed by atoms with Gasteiger partial charge in [-0.3, -0.25) is 14.2 Å². The Balaban J connectivity index is 1.60. The summed E-state index contributed by atoms with van der Waals surface area (Å²) in [5.41, 5.74) is 2.20. The average Bonchev–Trinajstić information content (AvgIpc) is 3.30. The Morgan fingerprint density at radius 3 is 2.72 bits per heavy atom. The van der Waals surface area contributed by atoms with Crippen LogP contribution in [0.15, 0.2) is 45.6 Å². The molecule has 0 saturated carbocycles. The topological polar surface area (TPSA) is 104 Å². The predicted molar refractivity (Wildman–Crippen MR) is 111 cm³/mol. The Hall–Kier alpha value is -3.53. The monoisotopic (exact) mass is 410 g/mol. The molecule has 0 aliphatic carbocycles. The molecule has 29 heavy (non-hydrogen) atoms. The standard InChI is InChI=1S/C19H18N6O3S/c1-11-6-4-5-7-12(11)13-9-29-18(21-13)22-14(26)8-25-17(27)15-16(20-10-23(15)2)24(3)19(25)28/h4-7,9-10H,8H2,1-3H3,(H,21,22,26). The van der Waals surface area contributed by atoms with Gasteiger partial charge in [-0.15, -0.1) is 11.3 Å². The number of rotatable bonds is 4. The number of aromatic nitrogens is 5. The third kappa shape index (κ3) is 3.27. The zero-order valence-corrected chi connectivity index (χ0v) is 16.9. The van der Waals surface area contributed by atoms with Crippen LogP contribution in [0.25, 0.3) is 22.4 Å². The molecule has 0 bridgehead atoms. The summed E-state index contributed by atoms with van der Waals surface area (Å²) in [5.74, 6) is -0.503. The third-order valence-corrected chi connectivity index (χ3v) is 5.43. The summed E-state index contributed by atoms with van der Waals surface area (Å²) < 4.78 is 3.68. The first-order valence-electron chi connectivity index (χ1n) is 8.79. The first-order valence-corrected chi connectivity index (χ1v) is 9.67. The molecule has 1 N–H and O–H groups in total. The molecule has 1 aromatic carbocycles. The summed E-state index contributed by atoms with van der Waals surface area (Å²) in [6.45, 7) is 1.58.